The Balaban J connectivity index is 3.04. The van der Waals surface area contributed by atoms with Crippen LogP contribution < -0.4 is 5.73 Å². The Morgan fingerprint density at radius 3 is 2.61 bits per heavy atom. The van der Waals surface area contributed by atoms with Gasteiger partial charge in [0.25, 0.3) is 0 Å². The number of ether oxygens (including phenoxy) is 1. The van der Waals surface area contributed by atoms with Crippen LogP contribution in [0.25, 0.3) is 0 Å². The molecule has 0 aromatic heterocycles. The maximum Gasteiger partial charge on any atom is 0.152 e. The fourth-order valence-corrected chi connectivity index (χ4v) is 4.98. The molecule has 2 N–H and O–H groups in total. The van der Waals surface area contributed by atoms with E-state index in [2.05, 4.69) is 4.90 Å². The standard InChI is InChI=1S/C12H26N2O3S/c1-10(8-17-3)14(2)12(9-13)7-5-6-11(12)18(4,15)16/h10-11H,5-9,13H2,1-4H3. The fourth-order valence-electron chi connectivity index (χ4n) is 3.21. The molecule has 0 spiro atoms. The number of nitrogens with zero attached hydrogens (tertiary/aromatic N) is 1. The highest BCUT2D eigenvalue weighted by molar-refractivity contribution is 7.91. The van der Waals surface area contributed by atoms with Crippen LogP contribution in [-0.4, -0.2) is 63.7 Å². The molecular weight excluding hydrogens is 252 g/mol. The molecule has 0 aromatic rings. The summed E-state index contributed by atoms with van der Waals surface area (Å²) in [6, 6.07) is 0.154. The number of rotatable bonds is 6. The predicted octanol–water partition coefficient (Wildman–Crippen LogP) is 0.248. The zero-order chi connectivity index (χ0) is 14.0. The van der Waals surface area contributed by atoms with Crippen LogP contribution in [0.3, 0.4) is 0 Å². The summed E-state index contributed by atoms with van der Waals surface area (Å²) in [5, 5.41) is -0.362. The summed E-state index contributed by atoms with van der Waals surface area (Å²) in [7, 11) is 0.535. The quantitative estimate of drug-likeness (QED) is 0.754. The summed E-state index contributed by atoms with van der Waals surface area (Å²) in [5.74, 6) is 0. The summed E-state index contributed by atoms with van der Waals surface area (Å²) < 4.78 is 29.1. The van der Waals surface area contributed by atoms with Gasteiger partial charge in [-0.15, -0.1) is 0 Å². The van der Waals surface area contributed by atoms with Crippen LogP contribution in [0.1, 0.15) is 26.2 Å². The second-order valence-electron chi connectivity index (χ2n) is 5.43. The number of hydrogen-bond donors (Lipinski definition) is 1. The molecule has 108 valence electrons. The van der Waals surface area contributed by atoms with Gasteiger partial charge in [0.15, 0.2) is 9.84 Å². The second kappa shape index (κ2) is 5.86. The Labute approximate surface area is 111 Å². The lowest BCUT2D eigenvalue weighted by atomic mass is 9.93. The summed E-state index contributed by atoms with van der Waals surface area (Å²) in [6.07, 6.45) is 3.78. The molecule has 0 bridgehead atoms. The molecule has 0 aromatic carbocycles. The van der Waals surface area contributed by atoms with Gasteiger partial charge in [0, 0.05) is 31.5 Å². The lowest BCUT2D eigenvalue weighted by molar-refractivity contribution is 0.0427. The minimum absolute atomic E-state index is 0.154. The first-order valence-corrected chi connectivity index (χ1v) is 8.36. The van der Waals surface area contributed by atoms with Crippen molar-refractivity contribution in [1.82, 2.24) is 4.90 Å². The Hall–Kier alpha value is -0.170. The maximum atomic E-state index is 12.0. The number of methoxy groups -OCH3 is 1. The molecule has 3 atom stereocenters. The first-order valence-electron chi connectivity index (χ1n) is 6.40. The minimum Gasteiger partial charge on any atom is -0.383 e. The maximum absolute atomic E-state index is 12.0. The summed E-state index contributed by atoms with van der Waals surface area (Å²) in [4.78, 5) is 2.11. The second-order valence-corrected chi connectivity index (χ2v) is 7.66. The van der Waals surface area contributed by atoms with Crippen molar-refractivity contribution in [2.75, 3.05) is 33.6 Å². The molecular formula is C12H26N2O3S. The van der Waals surface area contributed by atoms with Crippen LogP contribution in [0.15, 0.2) is 0 Å². The number of hydrogen-bond acceptors (Lipinski definition) is 5. The SMILES string of the molecule is COCC(C)N(C)C1(CN)CCCC1S(C)(=O)=O. The van der Waals surface area contributed by atoms with Gasteiger partial charge in [-0.25, -0.2) is 8.42 Å². The van der Waals surface area contributed by atoms with E-state index in [1.807, 2.05) is 14.0 Å². The normalized spacial score (nSPS) is 30.9. The summed E-state index contributed by atoms with van der Waals surface area (Å²) in [5.41, 5.74) is 5.50. The average molecular weight is 278 g/mol. The molecule has 6 heteroatoms. The molecule has 5 nitrogen and oxygen atoms in total. The van der Waals surface area contributed by atoms with Crippen LogP contribution in [0.4, 0.5) is 0 Å². The zero-order valence-electron chi connectivity index (χ0n) is 11.8. The molecule has 0 aliphatic heterocycles. The van der Waals surface area contributed by atoms with Gasteiger partial charge in [0.05, 0.1) is 11.9 Å². The van der Waals surface area contributed by atoms with E-state index in [0.29, 0.717) is 19.6 Å². The Morgan fingerprint density at radius 2 is 2.17 bits per heavy atom. The van der Waals surface area contributed by atoms with E-state index in [1.165, 1.54) is 6.26 Å². The minimum atomic E-state index is -3.08. The topological polar surface area (TPSA) is 72.6 Å². The van der Waals surface area contributed by atoms with Crippen LogP contribution >= 0.6 is 0 Å². The van der Waals surface area contributed by atoms with E-state index in [1.54, 1.807) is 7.11 Å². The third-order valence-electron chi connectivity index (χ3n) is 4.32. The van der Waals surface area contributed by atoms with E-state index in [9.17, 15) is 8.42 Å². The highest BCUT2D eigenvalue weighted by Crippen LogP contribution is 2.39. The van der Waals surface area contributed by atoms with E-state index >= 15 is 0 Å². The fraction of sp³-hybridized carbons (Fsp3) is 1.00. The van der Waals surface area contributed by atoms with Gasteiger partial charge in [-0.3, -0.25) is 4.90 Å². The number of nitrogens with two attached hydrogens (primary N) is 1. The molecule has 1 fully saturated rings. The van der Waals surface area contributed by atoms with E-state index < -0.39 is 15.4 Å². The third kappa shape index (κ3) is 2.87. The predicted molar refractivity (Wildman–Crippen MR) is 73.4 cm³/mol. The highest BCUT2D eigenvalue weighted by atomic mass is 32.2. The van der Waals surface area contributed by atoms with Gasteiger partial charge in [-0.05, 0) is 26.8 Å². The van der Waals surface area contributed by atoms with Gasteiger partial charge in [0.1, 0.15) is 0 Å². The van der Waals surface area contributed by atoms with Crippen LogP contribution in [0.2, 0.25) is 0 Å². The van der Waals surface area contributed by atoms with Crippen molar-refractivity contribution in [3.05, 3.63) is 0 Å². The van der Waals surface area contributed by atoms with Gasteiger partial charge in [-0.2, -0.15) is 0 Å². The highest BCUT2D eigenvalue weighted by Gasteiger charge is 2.50. The van der Waals surface area contributed by atoms with Crippen molar-refractivity contribution in [2.24, 2.45) is 5.73 Å². The third-order valence-corrected chi connectivity index (χ3v) is 6.03. The van der Waals surface area contributed by atoms with Gasteiger partial charge >= 0.3 is 0 Å². The monoisotopic (exact) mass is 278 g/mol. The molecule has 1 rings (SSSR count). The van der Waals surface area contributed by atoms with Crippen molar-refractivity contribution in [3.63, 3.8) is 0 Å². The molecule has 1 saturated carbocycles. The molecule has 0 heterocycles. The molecule has 0 radical (unpaired) electrons. The molecule has 18 heavy (non-hydrogen) atoms. The first kappa shape index (κ1) is 15.9. The molecule has 0 amide bonds. The van der Waals surface area contributed by atoms with E-state index in [0.717, 1.165) is 12.8 Å². The first-order chi connectivity index (χ1) is 8.29. The number of likely N-dealkylation sites (N-methyl/N-ethyl adjacent to an activating group) is 1. The van der Waals surface area contributed by atoms with E-state index in [4.69, 9.17) is 10.5 Å². The van der Waals surface area contributed by atoms with Crippen LogP contribution in [0.5, 0.6) is 0 Å². The van der Waals surface area contributed by atoms with Crippen molar-refractivity contribution < 1.29 is 13.2 Å². The lowest BCUT2D eigenvalue weighted by Gasteiger charge is -2.45. The van der Waals surface area contributed by atoms with Crippen molar-refractivity contribution >= 4 is 9.84 Å². The van der Waals surface area contributed by atoms with Crippen molar-refractivity contribution in [2.45, 2.75) is 43.0 Å². The Kier molecular flexibility index (Phi) is 5.17. The molecule has 1 aliphatic rings. The smallest absolute Gasteiger partial charge is 0.152 e. The Bertz CT molecular complexity index is 372. The van der Waals surface area contributed by atoms with E-state index in [-0.39, 0.29) is 11.3 Å². The van der Waals surface area contributed by atoms with Gasteiger partial charge in [0.2, 0.25) is 0 Å². The van der Waals surface area contributed by atoms with Gasteiger partial charge in [-0.1, -0.05) is 6.42 Å². The average Bonchev–Trinajstić information content (AvgIpc) is 2.73. The summed E-state index contributed by atoms with van der Waals surface area (Å²) in [6.45, 7) is 2.99. The largest absolute Gasteiger partial charge is 0.383 e. The van der Waals surface area contributed by atoms with Crippen molar-refractivity contribution in [1.29, 1.82) is 0 Å². The molecule has 3 unspecified atom stereocenters. The summed E-state index contributed by atoms with van der Waals surface area (Å²) >= 11 is 0. The van der Waals surface area contributed by atoms with Crippen LogP contribution in [0, 0.1) is 0 Å². The number of sulfone groups is 1. The lowest BCUT2D eigenvalue weighted by Crippen LogP contribution is -2.62. The van der Waals surface area contributed by atoms with Crippen molar-refractivity contribution in [3.8, 4) is 0 Å². The van der Waals surface area contributed by atoms with Crippen LogP contribution in [-0.2, 0) is 14.6 Å². The Morgan fingerprint density at radius 1 is 1.56 bits per heavy atom. The molecule has 0 saturated heterocycles. The molecule has 1 aliphatic carbocycles. The zero-order valence-corrected chi connectivity index (χ0v) is 12.7. The van der Waals surface area contributed by atoms with Gasteiger partial charge < -0.3 is 10.5 Å².